The number of benzene rings is 3. The molecule has 7 heteroatoms. The van der Waals surface area contributed by atoms with Crippen LogP contribution in [0.5, 0.6) is 5.75 Å². The lowest BCUT2D eigenvalue weighted by Gasteiger charge is -2.26. The van der Waals surface area contributed by atoms with Crippen molar-refractivity contribution >= 4 is 23.4 Å². The van der Waals surface area contributed by atoms with Crippen molar-refractivity contribution in [2.45, 2.75) is 38.3 Å². The third kappa shape index (κ3) is 4.60. The average molecular weight is 498 g/mol. The number of fused-ring (bicyclic) bond motifs is 1. The first-order valence-electron chi connectivity index (χ1n) is 12.2. The van der Waals surface area contributed by atoms with Crippen LogP contribution in [-0.4, -0.2) is 39.9 Å². The number of carbonyl (C=O) groups is 3. The fourth-order valence-corrected chi connectivity index (χ4v) is 5.19. The maximum absolute atomic E-state index is 13.4. The molecule has 0 aromatic heterocycles. The van der Waals surface area contributed by atoms with Crippen molar-refractivity contribution in [1.29, 1.82) is 0 Å². The van der Waals surface area contributed by atoms with Gasteiger partial charge in [-0.15, -0.1) is 0 Å². The Morgan fingerprint density at radius 2 is 1.62 bits per heavy atom. The number of carboxylic acid groups (broad SMARTS) is 1. The number of ether oxygens (including phenoxy) is 1. The zero-order valence-electron chi connectivity index (χ0n) is 20.4. The van der Waals surface area contributed by atoms with Gasteiger partial charge in [0.2, 0.25) is 0 Å². The largest absolute Gasteiger partial charge is 0.507 e. The van der Waals surface area contributed by atoms with Crippen LogP contribution in [-0.2, 0) is 29.0 Å². The second kappa shape index (κ2) is 9.93. The summed E-state index contributed by atoms with van der Waals surface area (Å²) >= 11 is 0. The lowest BCUT2D eigenvalue weighted by Crippen LogP contribution is -2.29. The summed E-state index contributed by atoms with van der Waals surface area (Å²) in [5, 5.41) is 20.6. The second-order valence-corrected chi connectivity index (χ2v) is 9.40. The number of ketones is 1. The Morgan fingerprint density at radius 3 is 2.32 bits per heavy atom. The minimum atomic E-state index is -1.05. The molecule has 0 radical (unpaired) electrons. The molecule has 3 aromatic rings. The highest BCUT2D eigenvalue weighted by Gasteiger charge is 2.46. The summed E-state index contributed by atoms with van der Waals surface area (Å²) in [5.41, 5.74) is 4.35. The predicted molar refractivity (Wildman–Crippen MR) is 137 cm³/mol. The van der Waals surface area contributed by atoms with Crippen LogP contribution < -0.4 is 4.74 Å². The van der Waals surface area contributed by atoms with Crippen molar-refractivity contribution in [2.75, 3.05) is 7.11 Å². The number of likely N-dealkylation sites (tertiary alicyclic amines) is 1. The molecule has 1 aliphatic carbocycles. The smallest absolute Gasteiger partial charge is 0.335 e. The van der Waals surface area contributed by atoms with Crippen LogP contribution >= 0.6 is 0 Å². The number of carboxylic acids is 1. The topological polar surface area (TPSA) is 104 Å². The predicted octanol–water partition coefficient (Wildman–Crippen LogP) is 4.89. The lowest BCUT2D eigenvalue weighted by atomic mass is 9.88. The van der Waals surface area contributed by atoms with Crippen LogP contribution in [0.4, 0.5) is 0 Å². The average Bonchev–Trinajstić information content (AvgIpc) is 3.17. The third-order valence-corrected chi connectivity index (χ3v) is 7.13. The van der Waals surface area contributed by atoms with Gasteiger partial charge in [-0.05, 0) is 78.3 Å². The molecule has 188 valence electrons. The Kier molecular flexibility index (Phi) is 6.53. The number of nitrogens with zero attached hydrogens (tertiary/aromatic N) is 1. The van der Waals surface area contributed by atoms with Gasteiger partial charge in [-0.3, -0.25) is 9.59 Å². The van der Waals surface area contributed by atoms with Crippen LogP contribution in [0.15, 0.2) is 72.3 Å². The molecule has 1 amide bonds. The van der Waals surface area contributed by atoms with Gasteiger partial charge in [0.05, 0.1) is 24.3 Å². The highest BCUT2D eigenvalue weighted by Crippen LogP contribution is 2.41. The molecule has 2 aliphatic rings. The summed E-state index contributed by atoms with van der Waals surface area (Å²) < 4.78 is 5.38. The Labute approximate surface area is 214 Å². The van der Waals surface area contributed by atoms with E-state index in [4.69, 9.17) is 4.74 Å². The number of aliphatic hydroxyl groups is 1. The molecular weight excluding hydrogens is 470 g/mol. The van der Waals surface area contributed by atoms with Gasteiger partial charge in [0, 0.05) is 12.1 Å². The van der Waals surface area contributed by atoms with E-state index in [-0.39, 0.29) is 23.4 Å². The maximum atomic E-state index is 13.4. The van der Waals surface area contributed by atoms with E-state index in [1.165, 1.54) is 29.7 Å². The molecule has 1 fully saturated rings. The third-order valence-electron chi connectivity index (χ3n) is 7.13. The Balaban J connectivity index is 1.61. The minimum Gasteiger partial charge on any atom is -0.507 e. The van der Waals surface area contributed by atoms with E-state index in [9.17, 15) is 24.6 Å². The van der Waals surface area contributed by atoms with Crippen molar-refractivity contribution in [2.24, 2.45) is 0 Å². The Bertz CT molecular complexity index is 1420. The first-order chi connectivity index (χ1) is 17.9. The molecule has 0 saturated carbocycles. The van der Waals surface area contributed by atoms with Gasteiger partial charge >= 0.3 is 5.97 Å². The van der Waals surface area contributed by atoms with Crippen LogP contribution in [0.3, 0.4) is 0 Å². The van der Waals surface area contributed by atoms with Gasteiger partial charge in [0.25, 0.3) is 11.7 Å². The quantitative estimate of drug-likeness (QED) is 0.285. The molecule has 2 N–H and O–H groups in total. The minimum absolute atomic E-state index is 0.0242. The van der Waals surface area contributed by atoms with Crippen molar-refractivity contribution in [3.8, 4) is 5.75 Å². The summed E-state index contributed by atoms with van der Waals surface area (Å²) in [4.78, 5) is 39.3. The van der Waals surface area contributed by atoms with Gasteiger partial charge in [-0.1, -0.05) is 36.4 Å². The zero-order chi connectivity index (χ0) is 26.1. The highest BCUT2D eigenvalue weighted by atomic mass is 16.5. The van der Waals surface area contributed by atoms with E-state index in [1.807, 2.05) is 12.1 Å². The van der Waals surface area contributed by atoms with Crippen LogP contribution in [0.25, 0.3) is 5.76 Å². The standard InChI is InChI=1S/C30H27NO6/c1-37-24-8-4-7-22(16-24)26-25(27(32)23-14-13-19-5-2-3-6-21(19)15-23)28(33)29(34)31(26)17-18-9-11-20(12-10-18)30(35)36/h4,7-16,26,32H,2-3,5-6,17H2,1H3,(H,35,36)/b27-25-. The number of methoxy groups -OCH3 is 1. The van der Waals surface area contributed by atoms with Gasteiger partial charge < -0.3 is 19.8 Å². The molecule has 0 bridgehead atoms. The van der Waals surface area contributed by atoms with E-state index >= 15 is 0 Å². The second-order valence-electron chi connectivity index (χ2n) is 9.40. The summed E-state index contributed by atoms with van der Waals surface area (Å²) in [7, 11) is 1.53. The SMILES string of the molecule is COc1cccc(C2/C(=C(/O)c3ccc4c(c3)CCCC4)C(=O)C(=O)N2Cc2ccc(C(=O)O)cc2)c1. The van der Waals surface area contributed by atoms with Crippen molar-refractivity contribution < 1.29 is 29.3 Å². The summed E-state index contributed by atoms with van der Waals surface area (Å²) in [6, 6.07) is 18.1. The fourth-order valence-electron chi connectivity index (χ4n) is 5.19. The van der Waals surface area contributed by atoms with E-state index in [1.54, 1.807) is 42.5 Å². The number of hydrogen-bond acceptors (Lipinski definition) is 5. The van der Waals surface area contributed by atoms with Crippen LogP contribution in [0.1, 0.15) is 57.1 Å². The number of hydrogen-bond donors (Lipinski definition) is 2. The molecule has 0 spiro atoms. The Morgan fingerprint density at radius 1 is 0.919 bits per heavy atom. The first-order valence-corrected chi connectivity index (χ1v) is 12.2. The molecular formula is C30H27NO6. The van der Waals surface area contributed by atoms with E-state index in [0.29, 0.717) is 22.4 Å². The summed E-state index contributed by atoms with van der Waals surface area (Å²) in [6.07, 6.45) is 4.11. The molecule has 1 unspecified atom stereocenters. The monoisotopic (exact) mass is 497 g/mol. The maximum Gasteiger partial charge on any atom is 0.335 e. The first kappa shape index (κ1) is 24.3. The normalized spacial score (nSPS) is 18.5. The van der Waals surface area contributed by atoms with E-state index in [0.717, 1.165) is 31.2 Å². The number of carbonyl (C=O) groups excluding carboxylic acids is 2. The number of amides is 1. The van der Waals surface area contributed by atoms with Gasteiger partial charge in [0.15, 0.2) is 0 Å². The van der Waals surface area contributed by atoms with Gasteiger partial charge in [-0.2, -0.15) is 0 Å². The van der Waals surface area contributed by atoms with Crippen LogP contribution in [0.2, 0.25) is 0 Å². The van der Waals surface area contributed by atoms with Crippen LogP contribution in [0, 0.1) is 0 Å². The highest BCUT2D eigenvalue weighted by molar-refractivity contribution is 6.46. The lowest BCUT2D eigenvalue weighted by molar-refractivity contribution is -0.140. The van der Waals surface area contributed by atoms with E-state index in [2.05, 4.69) is 0 Å². The molecule has 1 saturated heterocycles. The molecule has 1 atom stereocenters. The number of aryl methyl sites for hydroxylation is 2. The zero-order valence-corrected chi connectivity index (χ0v) is 20.4. The van der Waals surface area contributed by atoms with Crippen molar-refractivity contribution in [3.63, 3.8) is 0 Å². The van der Waals surface area contributed by atoms with E-state index < -0.39 is 23.7 Å². The summed E-state index contributed by atoms with van der Waals surface area (Å²) in [5.74, 6) is -2.18. The number of rotatable bonds is 6. The molecule has 1 aliphatic heterocycles. The van der Waals surface area contributed by atoms with Gasteiger partial charge in [-0.25, -0.2) is 4.79 Å². The summed E-state index contributed by atoms with van der Waals surface area (Å²) in [6.45, 7) is 0.0628. The molecule has 3 aromatic carbocycles. The fraction of sp³-hybridized carbons (Fsp3) is 0.233. The molecule has 7 nitrogen and oxygen atoms in total. The molecule has 1 heterocycles. The number of Topliss-reactive ketones (excluding diaryl/α,β-unsaturated/α-hetero) is 1. The molecule has 5 rings (SSSR count). The van der Waals surface area contributed by atoms with Crippen molar-refractivity contribution in [1.82, 2.24) is 4.90 Å². The molecule has 37 heavy (non-hydrogen) atoms. The van der Waals surface area contributed by atoms with Crippen molar-refractivity contribution in [3.05, 3.63) is 106 Å². The number of aromatic carboxylic acids is 1. The Hall–Kier alpha value is -4.39. The van der Waals surface area contributed by atoms with Gasteiger partial charge in [0.1, 0.15) is 11.5 Å². The number of aliphatic hydroxyl groups excluding tert-OH is 1.